The number of carbonyl (C=O) groups is 2. The van der Waals surface area contributed by atoms with Gasteiger partial charge in [0.25, 0.3) is 10.0 Å². The van der Waals surface area contributed by atoms with E-state index in [2.05, 4.69) is 5.32 Å². The second kappa shape index (κ2) is 13.1. The van der Waals surface area contributed by atoms with Crippen LogP contribution in [-0.4, -0.2) is 51.4 Å². The molecule has 3 aromatic rings. The number of hydrogen-bond donors (Lipinski definition) is 1. The molecule has 0 unspecified atom stereocenters. The van der Waals surface area contributed by atoms with Crippen LogP contribution in [0.1, 0.15) is 19.4 Å². The number of ether oxygens (including phenoxy) is 1. The molecule has 0 bridgehead atoms. The number of likely N-dealkylation sites (N-methyl/N-ethyl adjacent to an activating group) is 1. The topological polar surface area (TPSA) is 96.0 Å². The SMILES string of the molecule is CCOc1ccc(N(CC(=O)N(Cc2c(Cl)cccc2Cl)[C@H](C)C(=O)NC)S(=O)(=O)c2ccc(F)cc2)cc1. The van der Waals surface area contributed by atoms with Crippen molar-refractivity contribution in [3.8, 4) is 5.75 Å². The average Bonchev–Trinajstić information content (AvgIpc) is 2.91. The van der Waals surface area contributed by atoms with Crippen LogP contribution in [0.15, 0.2) is 71.6 Å². The summed E-state index contributed by atoms with van der Waals surface area (Å²) in [7, 11) is -2.91. The Labute approximate surface area is 237 Å². The molecule has 1 N–H and O–H groups in total. The molecule has 0 heterocycles. The van der Waals surface area contributed by atoms with E-state index in [1.165, 1.54) is 31.0 Å². The fourth-order valence-corrected chi connectivity index (χ4v) is 5.71. The highest BCUT2D eigenvalue weighted by Crippen LogP contribution is 2.29. The summed E-state index contributed by atoms with van der Waals surface area (Å²) in [5.74, 6) is -1.27. The van der Waals surface area contributed by atoms with Crippen molar-refractivity contribution in [3.63, 3.8) is 0 Å². The van der Waals surface area contributed by atoms with Crippen molar-refractivity contribution in [1.82, 2.24) is 10.2 Å². The minimum atomic E-state index is -4.34. The van der Waals surface area contributed by atoms with Crippen molar-refractivity contribution < 1.29 is 27.1 Å². The summed E-state index contributed by atoms with van der Waals surface area (Å²) in [6.07, 6.45) is 0. The Hall–Kier alpha value is -3.34. The van der Waals surface area contributed by atoms with Gasteiger partial charge in [-0.15, -0.1) is 0 Å². The number of nitrogens with one attached hydrogen (secondary N) is 1. The largest absolute Gasteiger partial charge is 0.494 e. The first kappa shape index (κ1) is 30.2. The molecular formula is C27H28Cl2FN3O5S. The molecule has 0 fully saturated rings. The number of amides is 2. The Morgan fingerprint density at radius 3 is 2.13 bits per heavy atom. The summed E-state index contributed by atoms with van der Waals surface area (Å²) in [6, 6.07) is 14.3. The quantitative estimate of drug-likeness (QED) is 0.340. The summed E-state index contributed by atoms with van der Waals surface area (Å²) in [5, 5.41) is 3.07. The van der Waals surface area contributed by atoms with Gasteiger partial charge in [-0.1, -0.05) is 29.3 Å². The Kier molecular flexibility index (Phi) is 10.2. The summed E-state index contributed by atoms with van der Waals surface area (Å²) >= 11 is 12.7. The molecule has 0 aliphatic rings. The first-order valence-corrected chi connectivity index (χ1v) is 14.1. The zero-order chi connectivity index (χ0) is 28.7. The summed E-state index contributed by atoms with van der Waals surface area (Å²) in [5.41, 5.74) is 0.568. The number of rotatable bonds is 11. The van der Waals surface area contributed by atoms with Crippen LogP contribution < -0.4 is 14.4 Å². The van der Waals surface area contributed by atoms with Gasteiger partial charge in [-0.3, -0.25) is 13.9 Å². The highest BCUT2D eigenvalue weighted by Gasteiger charge is 2.33. The molecule has 0 saturated heterocycles. The summed E-state index contributed by atoms with van der Waals surface area (Å²) in [6.45, 7) is 2.91. The molecule has 0 radical (unpaired) electrons. The van der Waals surface area contributed by atoms with Crippen molar-refractivity contribution in [2.24, 2.45) is 0 Å². The lowest BCUT2D eigenvalue weighted by Gasteiger charge is -2.32. The molecule has 0 aliphatic carbocycles. The van der Waals surface area contributed by atoms with Crippen molar-refractivity contribution in [1.29, 1.82) is 0 Å². The lowest BCUT2D eigenvalue weighted by atomic mass is 10.1. The van der Waals surface area contributed by atoms with Gasteiger partial charge >= 0.3 is 0 Å². The van der Waals surface area contributed by atoms with Crippen molar-refractivity contribution >= 4 is 50.7 Å². The lowest BCUT2D eigenvalue weighted by molar-refractivity contribution is -0.139. The van der Waals surface area contributed by atoms with E-state index in [-0.39, 0.29) is 27.2 Å². The van der Waals surface area contributed by atoms with E-state index in [1.807, 2.05) is 6.92 Å². The number of halogens is 3. The Balaban J connectivity index is 2.06. The smallest absolute Gasteiger partial charge is 0.264 e. The maximum atomic E-state index is 13.8. The van der Waals surface area contributed by atoms with Crippen LogP contribution in [0.3, 0.4) is 0 Å². The molecule has 3 aromatic carbocycles. The second-order valence-electron chi connectivity index (χ2n) is 8.40. The third-order valence-corrected chi connectivity index (χ3v) is 8.42. The predicted molar refractivity (Wildman–Crippen MR) is 149 cm³/mol. The molecule has 0 spiro atoms. The fraction of sp³-hybridized carbons (Fsp3) is 0.259. The van der Waals surface area contributed by atoms with Crippen LogP contribution in [0.4, 0.5) is 10.1 Å². The molecule has 3 rings (SSSR count). The maximum absolute atomic E-state index is 13.8. The molecule has 12 heteroatoms. The number of hydrogen-bond acceptors (Lipinski definition) is 5. The number of sulfonamides is 1. The molecule has 0 aromatic heterocycles. The van der Waals surface area contributed by atoms with Gasteiger partial charge in [0.05, 0.1) is 17.2 Å². The van der Waals surface area contributed by atoms with Gasteiger partial charge in [-0.25, -0.2) is 12.8 Å². The molecule has 2 amide bonds. The third kappa shape index (κ3) is 7.20. The predicted octanol–water partition coefficient (Wildman–Crippen LogP) is 4.89. The van der Waals surface area contributed by atoms with E-state index in [1.54, 1.807) is 30.3 Å². The molecule has 1 atom stereocenters. The Bertz CT molecular complexity index is 1400. The van der Waals surface area contributed by atoms with Crippen LogP contribution in [0.25, 0.3) is 0 Å². The number of carbonyl (C=O) groups excluding carboxylic acids is 2. The van der Waals surface area contributed by atoms with Gasteiger partial charge in [0.15, 0.2) is 0 Å². The van der Waals surface area contributed by atoms with E-state index in [4.69, 9.17) is 27.9 Å². The lowest BCUT2D eigenvalue weighted by Crippen LogP contribution is -2.50. The first-order chi connectivity index (χ1) is 18.5. The zero-order valence-corrected chi connectivity index (χ0v) is 23.9. The van der Waals surface area contributed by atoms with Gasteiger partial charge in [0.2, 0.25) is 11.8 Å². The molecule has 8 nitrogen and oxygen atoms in total. The van der Waals surface area contributed by atoms with Gasteiger partial charge in [0.1, 0.15) is 24.2 Å². The molecule has 208 valence electrons. The minimum absolute atomic E-state index is 0.153. The normalized spacial score (nSPS) is 11.9. The molecule has 39 heavy (non-hydrogen) atoms. The standard InChI is InChI=1S/C27H28Cl2FN3O5S/c1-4-38-21-12-10-20(11-13-21)33(39(36,37)22-14-8-19(30)9-15-22)17-26(34)32(18(2)27(35)31-3)16-23-24(28)6-5-7-25(23)29/h5-15,18H,4,16-17H2,1-3H3,(H,31,35)/t18-/m1/s1. The number of nitrogens with zero attached hydrogens (tertiary/aromatic N) is 2. The number of anilines is 1. The van der Waals surface area contributed by atoms with E-state index in [0.29, 0.717) is 17.9 Å². The van der Waals surface area contributed by atoms with Crippen LogP contribution in [-0.2, 0) is 26.2 Å². The highest BCUT2D eigenvalue weighted by atomic mass is 35.5. The van der Waals surface area contributed by atoms with Crippen molar-refractivity contribution in [2.75, 3.05) is 24.5 Å². The molecular weight excluding hydrogens is 568 g/mol. The van der Waals surface area contributed by atoms with E-state index in [0.717, 1.165) is 28.6 Å². The average molecular weight is 597 g/mol. The van der Waals surface area contributed by atoms with Crippen LogP contribution in [0, 0.1) is 5.82 Å². The van der Waals surface area contributed by atoms with Crippen LogP contribution >= 0.6 is 23.2 Å². The summed E-state index contributed by atoms with van der Waals surface area (Å²) < 4.78 is 47.3. The molecule has 0 saturated carbocycles. The zero-order valence-electron chi connectivity index (χ0n) is 21.5. The van der Waals surface area contributed by atoms with Crippen LogP contribution in [0.5, 0.6) is 5.75 Å². The second-order valence-corrected chi connectivity index (χ2v) is 11.1. The van der Waals surface area contributed by atoms with E-state index >= 15 is 0 Å². The van der Waals surface area contributed by atoms with E-state index in [9.17, 15) is 22.4 Å². The monoisotopic (exact) mass is 595 g/mol. The minimum Gasteiger partial charge on any atom is -0.494 e. The van der Waals surface area contributed by atoms with E-state index < -0.39 is 40.2 Å². The van der Waals surface area contributed by atoms with Gasteiger partial charge in [-0.05, 0) is 74.5 Å². The van der Waals surface area contributed by atoms with Gasteiger partial charge in [-0.2, -0.15) is 0 Å². The third-order valence-electron chi connectivity index (χ3n) is 5.92. The first-order valence-electron chi connectivity index (χ1n) is 11.9. The maximum Gasteiger partial charge on any atom is 0.264 e. The van der Waals surface area contributed by atoms with Crippen molar-refractivity contribution in [2.45, 2.75) is 31.3 Å². The van der Waals surface area contributed by atoms with Gasteiger partial charge in [0, 0.05) is 29.2 Å². The highest BCUT2D eigenvalue weighted by molar-refractivity contribution is 7.92. The van der Waals surface area contributed by atoms with Gasteiger partial charge < -0.3 is 15.0 Å². The van der Waals surface area contributed by atoms with Crippen LogP contribution in [0.2, 0.25) is 10.0 Å². The fourth-order valence-electron chi connectivity index (χ4n) is 3.78. The number of benzene rings is 3. The Morgan fingerprint density at radius 1 is 1.00 bits per heavy atom. The Morgan fingerprint density at radius 2 is 1.59 bits per heavy atom. The van der Waals surface area contributed by atoms with Crippen molar-refractivity contribution in [3.05, 3.63) is 88.2 Å². The molecule has 0 aliphatic heterocycles. The summed E-state index contributed by atoms with van der Waals surface area (Å²) in [4.78, 5) is 27.3.